The molecule has 2 aromatic rings. The largest absolute Gasteiger partial charge is 0.393 e. The number of hydrogen-bond acceptors (Lipinski definition) is 4. The lowest BCUT2D eigenvalue weighted by Crippen LogP contribution is -2.39. The first kappa shape index (κ1) is 17.1. The van der Waals surface area contributed by atoms with E-state index < -0.39 is 11.5 Å². The summed E-state index contributed by atoms with van der Waals surface area (Å²) in [7, 11) is 1.90. The molecule has 0 aliphatic heterocycles. The van der Waals surface area contributed by atoms with E-state index in [4.69, 9.17) is 0 Å². The van der Waals surface area contributed by atoms with E-state index in [1.807, 2.05) is 17.7 Å². The number of carbonyl (C=O) groups is 1. The Morgan fingerprint density at radius 1 is 1.42 bits per heavy atom. The molecule has 6 nitrogen and oxygen atoms in total. The average molecular weight is 358 g/mol. The van der Waals surface area contributed by atoms with Crippen LogP contribution in [0.15, 0.2) is 30.6 Å². The maximum absolute atomic E-state index is 13.5. The van der Waals surface area contributed by atoms with Crippen molar-refractivity contribution in [2.75, 3.05) is 6.54 Å². The van der Waals surface area contributed by atoms with E-state index in [1.165, 1.54) is 12.1 Å². The summed E-state index contributed by atoms with van der Waals surface area (Å²) in [6, 6.07) is 6.29. The molecule has 26 heavy (non-hydrogen) atoms. The molecule has 0 radical (unpaired) electrons. The molecule has 3 atom stereocenters. The Balaban J connectivity index is 1.38. The second kappa shape index (κ2) is 6.46. The molecule has 0 bridgehead atoms. The third kappa shape index (κ3) is 3.00. The smallest absolute Gasteiger partial charge is 0.230 e. The average Bonchev–Trinajstić information content (AvgIpc) is 3.20. The van der Waals surface area contributed by atoms with Crippen molar-refractivity contribution in [3.05, 3.63) is 47.8 Å². The van der Waals surface area contributed by atoms with Crippen molar-refractivity contribution in [3.63, 3.8) is 0 Å². The lowest BCUT2D eigenvalue weighted by Gasteiger charge is -2.19. The minimum atomic E-state index is -0.603. The van der Waals surface area contributed by atoms with Crippen LogP contribution in [0.1, 0.15) is 43.0 Å². The zero-order valence-electron chi connectivity index (χ0n) is 14.7. The van der Waals surface area contributed by atoms with Gasteiger partial charge in [-0.1, -0.05) is 12.1 Å². The van der Waals surface area contributed by atoms with Gasteiger partial charge in [0.05, 0.1) is 11.5 Å². The Morgan fingerprint density at radius 2 is 2.23 bits per heavy atom. The number of aliphatic hydroxyl groups is 1. The molecule has 7 heteroatoms. The van der Waals surface area contributed by atoms with Crippen LogP contribution < -0.4 is 5.32 Å². The highest BCUT2D eigenvalue weighted by Gasteiger charge is 2.51. The Labute approximate surface area is 151 Å². The van der Waals surface area contributed by atoms with Crippen LogP contribution in [0.5, 0.6) is 0 Å². The van der Waals surface area contributed by atoms with E-state index in [9.17, 15) is 14.3 Å². The molecule has 0 saturated heterocycles. The predicted molar refractivity (Wildman–Crippen MR) is 92.8 cm³/mol. The van der Waals surface area contributed by atoms with Crippen LogP contribution in [0.25, 0.3) is 0 Å². The zero-order valence-corrected chi connectivity index (χ0v) is 14.7. The quantitative estimate of drug-likeness (QED) is 0.852. The molecule has 1 heterocycles. The highest BCUT2D eigenvalue weighted by Crippen LogP contribution is 2.48. The third-order valence-electron chi connectivity index (χ3n) is 5.86. The van der Waals surface area contributed by atoms with E-state index in [0.717, 1.165) is 30.7 Å². The summed E-state index contributed by atoms with van der Waals surface area (Å²) < 4.78 is 15.4. The number of aliphatic hydroxyl groups excluding tert-OH is 1. The van der Waals surface area contributed by atoms with E-state index in [2.05, 4.69) is 15.5 Å². The van der Waals surface area contributed by atoms with Gasteiger partial charge in [-0.3, -0.25) is 4.79 Å². The lowest BCUT2D eigenvalue weighted by molar-refractivity contribution is -0.123. The Morgan fingerprint density at radius 3 is 2.88 bits per heavy atom. The monoisotopic (exact) mass is 358 g/mol. The summed E-state index contributed by atoms with van der Waals surface area (Å²) in [6.07, 6.45) is 4.05. The fourth-order valence-electron chi connectivity index (χ4n) is 4.15. The van der Waals surface area contributed by atoms with Crippen molar-refractivity contribution in [3.8, 4) is 0 Å². The molecule has 1 aromatic heterocycles. The van der Waals surface area contributed by atoms with E-state index in [0.29, 0.717) is 13.0 Å². The molecule has 4 rings (SSSR count). The molecule has 1 amide bonds. The summed E-state index contributed by atoms with van der Waals surface area (Å²) in [5.41, 5.74) is 0.133. The van der Waals surface area contributed by atoms with Crippen LogP contribution in [-0.2, 0) is 17.3 Å². The van der Waals surface area contributed by atoms with Gasteiger partial charge in [-0.05, 0) is 43.4 Å². The van der Waals surface area contributed by atoms with Gasteiger partial charge in [0, 0.05) is 25.4 Å². The molecule has 0 spiro atoms. The van der Waals surface area contributed by atoms with Crippen LogP contribution in [0, 0.1) is 11.7 Å². The predicted octanol–water partition coefficient (Wildman–Crippen LogP) is 1.66. The summed E-state index contributed by atoms with van der Waals surface area (Å²) in [4.78, 5) is 12.7. The summed E-state index contributed by atoms with van der Waals surface area (Å²) in [6.45, 7) is 0.422. The number of aryl methyl sites for hydroxylation is 1. The van der Waals surface area contributed by atoms with Crippen molar-refractivity contribution >= 4 is 5.91 Å². The standard InChI is InChI=1S/C19H23FN4O2/c1-24-11-22-23-17(24)12-7-13(16(25)8-12)10-21-18(26)19(5-6-19)14-3-2-4-15(20)9-14/h2-4,9,11-13,16,25H,5-8,10H2,1H3,(H,21,26)/t12-,13+,16+/m0/s1. The normalized spacial score (nSPS) is 26.7. The Hall–Kier alpha value is -2.28. The molecule has 2 saturated carbocycles. The highest BCUT2D eigenvalue weighted by atomic mass is 19.1. The molecule has 1 aromatic carbocycles. The SMILES string of the molecule is Cn1cnnc1[C@H]1C[C@H](CNC(=O)C2(c3cccc(F)c3)CC2)[C@H](O)C1. The van der Waals surface area contributed by atoms with Gasteiger partial charge in [0.1, 0.15) is 18.0 Å². The van der Waals surface area contributed by atoms with Crippen molar-refractivity contribution in [2.45, 2.75) is 43.1 Å². The van der Waals surface area contributed by atoms with Gasteiger partial charge >= 0.3 is 0 Å². The second-order valence-corrected chi connectivity index (χ2v) is 7.60. The number of benzene rings is 1. The lowest BCUT2D eigenvalue weighted by atomic mass is 9.94. The Bertz CT molecular complexity index is 817. The number of rotatable bonds is 5. The fraction of sp³-hybridized carbons (Fsp3) is 0.526. The van der Waals surface area contributed by atoms with Crippen LogP contribution in [-0.4, -0.2) is 38.4 Å². The van der Waals surface area contributed by atoms with Gasteiger partial charge in [0.2, 0.25) is 5.91 Å². The van der Waals surface area contributed by atoms with E-state index >= 15 is 0 Å². The molecule has 2 aliphatic carbocycles. The molecular formula is C19H23FN4O2. The number of hydrogen-bond donors (Lipinski definition) is 2. The minimum Gasteiger partial charge on any atom is -0.393 e. The first-order valence-corrected chi connectivity index (χ1v) is 9.06. The van der Waals surface area contributed by atoms with Crippen LogP contribution in [0.3, 0.4) is 0 Å². The molecule has 138 valence electrons. The Kier molecular flexibility index (Phi) is 4.26. The van der Waals surface area contributed by atoms with Gasteiger partial charge in [-0.15, -0.1) is 10.2 Å². The van der Waals surface area contributed by atoms with Gasteiger partial charge < -0.3 is 15.0 Å². The molecular weight excluding hydrogens is 335 g/mol. The number of amides is 1. The summed E-state index contributed by atoms with van der Waals surface area (Å²) >= 11 is 0. The van der Waals surface area contributed by atoms with Crippen LogP contribution in [0.4, 0.5) is 4.39 Å². The van der Waals surface area contributed by atoms with Crippen LogP contribution >= 0.6 is 0 Å². The van der Waals surface area contributed by atoms with Crippen molar-refractivity contribution in [1.82, 2.24) is 20.1 Å². The molecule has 2 fully saturated rings. The first-order chi connectivity index (χ1) is 12.5. The van der Waals surface area contributed by atoms with E-state index in [-0.39, 0.29) is 23.6 Å². The van der Waals surface area contributed by atoms with Crippen LogP contribution in [0.2, 0.25) is 0 Å². The maximum atomic E-state index is 13.5. The minimum absolute atomic E-state index is 0.0102. The number of nitrogens with one attached hydrogen (secondary N) is 1. The number of halogens is 1. The first-order valence-electron chi connectivity index (χ1n) is 9.06. The second-order valence-electron chi connectivity index (χ2n) is 7.60. The van der Waals surface area contributed by atoms with Gasteiger partial charge in [0.15, 0.2) is 0 Å². The topological polar surface area (TPSA) is 80.0 Å². The molecule has 2 N–H and O–H groups in total. The fourth-order valence-corrected chi connectivity index (χ4v) is 4.15. The van der Waals surface area contributed by atoms with Crippen molar-refractivity contribution in [1.29, 1.82) is 0 Å². The maximum Gasteiger partial charge on any atom is 0.230 e. The number of carbonyl (C=O) groups excluding carboxylic acids is 1. The number of nitrogens with zero attached hydrogens (tertiary/aromatic N) is 3. The van der Waals surface area contributed by atoms with Gasteiger partial charge in [-0.2, -0.15) is 0 Å². The van der Waals surface area contributed by atoms with E-state index in [1.54, 1.807) is 12.4 Å². The molecule has 0 unspecified atom stereocenters. The third-order valence-corrected chi connectivity index (χ3v) is 5.86. The number of aromatic nitrogens is 3. The van der Waals surface area contributed by atoms with Crippen molar-refractivity contribution < 1.29 is 14.3 Å². The summed E-state index contributed by atoms with van der Waals surface area (Å²) in [5, 5.41) is 21.4. The molecule has 2 aliphatic rings. The highest BCUT2D eigenvalue weighted by molar-refractivity contribution is 5.91. The van der Waals surface area contributed by atoms with Gasteiger partial charge in [0.25, 0.3) is 0 Å². The zero-order chi connectivity index (χ0) is 18.3. The van der Waals surface area contributed by atoms with Crippen molar-refractivity contribution in [2.24, 2.45) is 13.0 Å². The summed E-state index contributed by atoms with van der Waals surface area (Å²) in [5.74, 6) is 0.620. The van der Waals surface area contributed by atoms with Gasteiger partial charge in [-0.25, -0.2) is 4.39 Å².